The number of H-pyrrole nitrogens is 1. The van der Waals surface area contributed by atoms with E-state index in [0.717, 1.165) is 38.9 Å². The second kappa shape index (κ2) is 9.75. The maximum atomic E-state index is 11.9. The van der Waals surface area contributed by atoms with Gasteiger partial charge in [0.1, 0.15) is 0 Å². The molecule has 1 aromatic heterocycles. The number of rotatable bonds is 9. The first kappa shape index (κ1) is 21.8. The molecule has 3 rings (SSSR count). The van der Waals surface area contributed by atoms with Crippen LogP contribution in [0.3, 0.4) is 0 Å². The summed E-state index contributed by atoms with van der Waals surface area (Å²) in [6.07, 6.45) is 2.66. The van der Waals surface area contributed by atoms with Crippen molar-refractivity contribution in [1.29, 1.82) is 0 Å². The lowest BCUT2D eigenvalue weighted by atomic mass is 10.0. The molecule has 1 aliphatic rings. The zero-order valence-corrected chi connectivity index (χ0v) is 18.1. The minimum atomic E-state index is -3.25. The molecule has 9 nitrogen and oxygen atoms in total. The zero-order valence-electron chi connectivity index (χ0n) is 16.5. The summed E-state index contributed by atoms with van der Waals surface area (Å²) in [6.45, 7) is 2.89. The Balaban J connectivity index is 1.61. The molecule has 1 fully saturated rings. The lowest BCUT2D eigenvalue weighted by Crippen LogP contribution is -2.47. The molecule has 0 spiro atoms. The van der Waals surface area contributed by atoms with Crippen molar-refractivity contribution in [2.45, 2.75) is 25.3 Å². The van der Waals surface area contributed by atoms with E-state index in [-0.39, 0.29) is 5.75 Å². The van der Waals surface area contributed by atoms with Gasteiger partial charge in [0.15, 0.2) is 0 Å². The summed E-state index contributed by atoms with van der Waals surface area (Å²) in [5.74, 6) is 1.01. The van der Waals surface area contributed by atoms with E-state index in [9.17, 15) is 8.42 Å². The standard InChI is InChI=1S/C18H28ClN7O2S/c1-21-29(27,28)13-12-25(9-6-14-2-4-15(19)5-3-14)16-7-10-26(11-8-16)18-22-17(20)23-24-18/h2-5,16,21H,6-13H2,1H3,(H3,20,22,23,24). The lowest BCUT2D eigenvalue weighted by Gasteiger charge is -2.38. The number of aromatic amines is 1. The molecule has 160 valence electrons. The van der Waals surface area contributed by atoms with Crippen molar-refractivity contribution in [2.75, 3.05) is 49.6 Å². The molecule has 0 aliphatic carbocycles. The van der Waals surface area contributed by atoms with Crippen LogP contribution in [0.15, 0.2) is 24.3 Å². The number of hydrogen-bond donors (Lipinski definition) is 3. The fourth-order valence-corrected chi connectivity index (χ4v) is 4.38. The van der Waals surface area contributed by atoms with Crippen LogP contribution in [0.25, 0.3) is 0 Å². The summed E-state index contributed by atoms with van der Waals surface area (Å²) in [4.78, 5) is 8.58. The number of piperidine rings is 1. The number of aromatic nitrogens is 3. The van der Waals surface area contributed by atoms with Crippen molar-refractivity contribution in [2.24, 2.45) is 0 Å². The van der Waals surface area contributed by atoms with Gasteiger partial charge >= 0.3 is 0 Å². The molecule has 1 aliphatic heterocycles. The summed E-state index contributed by atoms with van der Waals surface area (Å²) in [7, 11) is -1.80. The predicted octanol–water partition coefficient (Wildman–Crippen LogP) is 1.10. The van der Waals surface area contributed by atoms with Gasteiger partial charge in [-0.1, -0.05) is 23.7 Å². The third kappa shape index (κ3) is 6.30. The highest BCUT2D eigenvalue weighted by atomic mass is 35.5. The van der Waals surface area contributed by atoms with E-state index in [2.05, 4.69) is 29.7 Å². The molecule has 0 bridgehead atoms. The van der Waals surface area contributed by atoms with E-state index in [1.807, 2.05) is 24.3 Å². The summed E-state index contributed by atoms with van der Waals surface area (Å²) in [5, 5.41) is 7.51. The van der Waals surface area contributed by atoms with E-state index in [0.29, 0.717) is 29.5 Å². The molecular formula is C18H28ClN7O2S. The van der Waals surface area contributed by atoms with Crippen LogP contribution in [-0.2, 0) is 16.4 Å². The maximum Gasteiger partial charge on any atom is 0.246 e. The number of halogens is 1. The predicted molar refractivity (Wildman–Crippen MR) is 116 cm³/mol. The Labute approximate surface area is 176 Å². The largest absolute Gasteiger partial charge is 0.368 e. The van der Waals surface area contributed by atoms with Gasteiger partial charge in [0, 0.05) is 37.2 Å². The molecule has 2 heterocycles. The highest BCUT2D eigenvalue weighted by Gasteiger charge is 2.27. The molecule has 4 N–H and O–H groups in total. The van der Waals surface area contributed by atoms with Crippen molar-refractivity contribution in [3.05, 3.63) is 34.9 Å². The van der Waals surface area contributed by atoms with Gasteiger partial charge in [0.2, 0.25) is 21.9 Å². The number of sulfonamides is 1. The molecule has 11 heteroatoms. The van der Waals surface area contributed by atoms with E-state index >= 15 is 0 Å². The van der Waals surface area contributed by atoms with Crippen molar-refractivity contribution in [1.82, 2.24) is 24.8 Å². The summed E-state index contributed by atoms with van der Waals surface area (Å²) in [5.41, 5.74) is 6.81. The maximum absolute atomic E-state index is 11.9. The highest BCUT2D eigenvalue weighted by Crippen LogP contribution is 2.21. The first-order valence-corrected chi connectivity index (χ1v) is 11.7. The fourth-order valence-electron chi connectivity index (χ4n) is 3.58. The lowest BCUT2D eigenvalue weighted by molar-refractivity contribution is 0.179. The van der Waals surface area contributed by atoms with Gasteiger partial charge in [-0.15, -0.1) is 5.10 Å². The van der Waals surface area contributed by atoms with Gasteiger partial charge < -0.3 is 10.6 Å². The first-order chi connectivity index (χ1) is 13.9. The van der Waals surface area contributed by atoms with Gasteiger partial charge in [0.05, 0.1) is 5.75 Å². The quantitative estimate of drug-likeness (QED) is 0.532. The minimum absolute atomic E-state index is 0.0851. The van der Waals surface area contributed by atoms with E-state index in [1.165, 1.54) is 12.6 Å². The smallest absolute Gasteiger partial charge is 0.246 e. The summed E-state index contributed by atoms with van der Waals surface area (Å²) in [6, 6.07) is 8.10. The molecule has 1 saturated heterocycles. The van der Waals surface area contributed by atoms with Gasteiger partial charge in [-0.3, -0.25) is 4.90 Å². The molecule has 1 aromatic carbocycles. The molecule has 0 atom stereocenters. The molecule has 0 amide bonds. The van der Waals surface area contributed by atoms with Crippen molar-refractivity contribution >= 4 is 33.5 Å². The van der Waals surface area contributed by atoms with Crippen molar-refractivity contribution < 1.29 is 8.42 Å². The third-order valence-electron chi connectivity index (χ3n) is 5.31. The van der Waals surface area contributed by atoms with Crippen LogP contribution < -0.4 is 15.4 Å². The van der Waals surface area contributed by atoms with Gasteiger partial charge in [-0.05, 0) is 44.0 Å². The Morgan fingerprint density at radius 2 is 1.97 bits per heavy atom. The number of hydrogen-bond acceptors (Lipinski definition) is 7. The van der Waals surface area contributed by atoms with Crippen LogP contribution in [0.1, 0.15) is 18.4 Å². The zero-order chi connectivity index (χ0) is 20.9. The first-order valence-electron chi connectivity index (χ1n) is 9.69. The van der Waals surface area contributed by atoms with Crippen molar-refractivity contribution in [3.63, 3.8) is 0 Å². The number of benzene rings is 1. The number of nitrogen functional groups attached to an aromatic ring is 1. The molecule has 0 unspecified atom stereocenters. The Morgan fingerprint density at radius 1 is 1.28 bits per heavy atom. The van der Waals surface area contributed by atoms with E-state index in [4.69, 9.17) is 17.3 Å². The number of nitrogens with two attached hydrogens (primary N) is 1. The van der Waals surface area contributed by atoms with Crippen LogP contribution in [0, 0.1) is 0 Å². The van der Waals surface area contributed by atoms with Crippen LogP contribution in [0.4, 0.5) is 11.9 Å². The number of anilines is 2. The monoisotopic (exact) mass is 441 g/mol. The van der Waals surface area contributed by atoms with Gasteiger partial charge in [-0.2, -0.15) is 4.98 Å². The third-order valence-corrected chi connectivity index (χ3v) is 6.91. The molecule has 0 saturated carbocycles. The van der Waals surface area contributed by atoms with Crippen molar-refractivity contribution in [3.8, 4) is 0 Å². The molecular weight excluding hydrogens is 414 g/mol. The molecule has 0 radical (unpaired) electrons. The minimum Gasteiger partial charge on any atom is -0.368 e. The number of nitrogens with zero attached hydrogens (tertiary/aromatic N) is 4. The van der Waals surface area contributed by atoms with Crippen LogP contribution in [-0.4, -0.2) is 73.5 Å². The SMILES string of the molecule is CNS(=O)(=O)CCN(CCc1ccc(Cl)cc1)C1CCN(c2n[nH]c(N)n2)CC1. The summed E-state index contributed by atoms with van der Waals surface area (Å²) >= 11 is 5.97. The number of nitrogens with one attached hydrogen (secondary N) is 2. The Kier molecular flexibility index (Phi) is 7.33. The molecule has 29 heavy (non-hydrogen) atoms. The average molecular weight is 442 g/mol. The Hall–Kier alpha value is -1.88. The van der Waals surface area contributed by atoms with E-state index in [1.54, 1.807) is 0 Å². The van der Waals surface area contributed by atoms with E-state index < -0.39 is 10.0 Å². The van der Waals surface area contributed by atoms with Crippen LogP contribution in [0.5, 0.6) is 0 Å². The topological polar surface area (TPSA) is 120 Å². The van der Waals surface area contributed by atoms with Crippen LogP contribution in [0.2, 0.25) is 5.02 Å². The van der Waals surface area contributed by atoms with Gasteiger partial charge in [-0.25, -0.2) is 18.2 Å². The highest BCUT2D eigenvalue weighted by molar-refractivity contribution is 7.89. The second-order valence-electron chi connectivity index (χ2n) is 7.17. The Bertz CT molecular complexity index is 880. The normalized spacial score (nSPS) is 15.9. The van der Waals surface area contributed by atoms with Gasteiger partial charge in [0.25, 0.3) is 0 Å². The Morgan fingerprint density at radius 3 is 2.55 bits per heavy atom. The summed E-state index contributed by atoms with van der Waals surface area (Å²) < 4.78 is 26.3. The average Bonchev–Trinajstić information content (AvgIpc) is 3.16. The van der Waals surface area contributed by atoms with Crippen LogP contribution >= 0.6 is 11.6 Å². The molecule has 2 aromatic rings. The fraction of sp³-hybridized carbons (Fsp3) is 0.556. The second-order valence-corrected chi connectivity index (χ2v) is 9.66.